The number of nitrogens with one attached hydrogen (secondary N) is 2. The zero-order valence-corrected chi connectivity index (χ0v) is 8.46. The monoisotopic (exact) mass is 205 g/mol. The summed E-state index contributed by atoms with van der Waals surface area (Å²) < 4.78 is 0. The number of aromatic amines is 2. The number of nitrogens with zero attached hydrogens (tertiary/aromatic N) is 1. The number of hydrogen-bond acceptors (Lipinski definition) is 2. The molecule has 2 aromatic rings. The third kappa shape index (κ3) is 1.63. The van der Waals surface area contributed by atoms with Crippen molar-refractivity contribution in [2.45, 2.75) is 13.8 Å². The van der Waals surface area contributed by atoms with Crippen molar-refractivity contribution in [3.05, 3.63) is 29.1 Å². The molecule has 0 aliphatic heterocycles. The van der Waals surface area contributed by atoms with E-state index in [-0.39, 0.29) is 5.69 Å². The van der Waals surface area contributed by atoms with Gasteiger partial charge in [0.1, 0.15) is 11.4 Å². The average Bonchev–Trinajstić information content (AvgIpc) is 2.71. The summed E-state index contributed by atoms with van der Waals surface area (Å²) in [5.74, 6) is -1.00. The van der Waals surface area contributed by atoms with E-state index in [2.05, 4.69) is 15.2 Å². The van der Waals surface area contributed by atoms with E-state index >= 15 is 0 Å². The van der Waals surface area contributed by atoms with E-state index in [0.29, 0.717) is 5.69 Å². The Balaban J connectivity index is 2.45. The molecule has 0 fully saturated rings. The molecule has 0 aliphatic rings. The largest absolute Gasteiger partial charge is 0.477 e. The second kappa shape index (κ2) is 3.27. The fourth-order valence-electron chi connectivity index (χ4n) is 1.55. The maximum Gasteiger partial charge on any atom is 0.353 e. The lowest BCUT2D eigenvalue weighted by Gasteiger charge is -1.92. The molecule has 0 unspecified atom stereocenters. The molecule has 0 aromatic carbocycles. The van der Waals surface area contributed by atoms with Crippen LogP contribution < -0.4 is 0 Å². The highest BCUT2D eigenvalue weighted by molar-refractivity contribution is 5.86. The minimum Gasteiger partial charge on any atom is -0.477 e. The van der Waals surface area contributed by atoms with Gasteiger partial charge in [0.2, 0.25) is 0 Å². The molecular weight excluding hydrogens is 194 g/mol. The Kier molecular flexibility index (Phi) is 2.07. The lowest BCUT2D eigenvalue weighted by molar-refractivity contribution is 0.0690. The fraction of sp³-hybridized carbons (Fsp3) is 0.200. The van der Waals surface area contributed by atoms with Crippen LogP contribution in [0, 0.1) is 13.8 Å². The van der Waals surface area contributed by atoms with E-state index in [0.717, 1.165) is 17.0 Å². The average molecular weight is 205 g/mol. The molecule has 0 aliphatic carbocycles. The van der Waals surface area contributed by atoms with Crippen LogP contribution >= 0.6 is 0 Å². The van der Waals surface area contributed by atoms with Crippen LogP contribution in [0.1, 0.15) is 21.7 Å². The van der Waals surface area contributed by atoms with Crippen LogP contribution in [0.15, 0.2) is 12.1 Å². The molecule has 0 amide bonds. The maximum absolute atomic E-state index is 10.7. The number of aryl methyl sites for hydroxylation is 2. The molecule has 15 heavy (non-hydrogen) atoms. The molecule has 0 spiro atoms. The van der Waals surface area contributed by atoms with Crippen LogP contribution in [0.5, 0.6) is 0 Å². The molecule has 0 bridgehead atoms. The fourth-order valence-corrected chi connectivity index (χ4v) is 1.55. The van der Waals surface area contributed by atoms with E-state index in [9.17, 15) is 4.79 Å². The van der Waals surface area contributed by atoms with Gasteiger partial charge < -0.3 is 10.1 Å². The number of carboxylic acids is 1. The van der Waals surface area contributed by atoms with Gasteiger partial charge in [-0.25, -0.2) is 4.79 Å². The molecule has 2 heterocycles. The molecule has 0 saturated heterocycles. The first-order valence-electron chi connectivity index (χ1n) is 4.53. The lowest BCUT2D eigenvalue weighted by atomic mass is 10.2. The van der Waals surface area contributed by atoms with Crippen molar-refractivity contribution in [1.82, 2.24) is 15.2 Å². The number of H-pyrrole nitrogens is 2. The van der Waals surface area contributed by atoms with E-state index in [1.165, 1.54) is 6.07 Å². The van der Waals surface area contributed by atoms with Crippen LogP contribution in [0.2, 0.25) is 0 Å². The number of rotatable bonds is 2. The smallest absolute Gasteiger partial charge is 0.353 e. The van der Waals surface area contributed by atoms with Crippen molar-refractivity contribution in [1.29, 1.82) is 0 Å². The molecule has 0 atom stereocenters. The topological polar surface area (TPSA) is 81.8 Å². The Labute approximate surface area is 86.1 Å². The Morgan fingerprint density at radius 2 is 2.13 bits per heavy atom. The van der Waals surface area contributed by atoms with Gasteiger partial charge in [0.05, 0.1) is 5.69 Å². The summed E-state index contributed by atoms with van der Waals surface area (Å²) in [4.78, 5) is 13.8. The molecule has 78 valence electrons. The number of aromatic nitrogens is 3. The summed E-state index contributed by atoms with van der Waals surface area (Å²) in [7, 11) is 0. The molecule has 2 aromatic heterocycles. The standard InChI is InChI=1S/C10H11N3O2/c1-5-3-6(2)11-9(5)7-4-8(10(14)15)13-12-7/h3-4,11H,1-2H3,(H,12,13)(H,14,15). The lowest BCUT2D eigenvalue weighted by Crippen LogP contribution is -1.95. The summed E-state index contributed by atoms with van der Waals surface area (Å²) >= 11 is 0. The summed E-state index contributed by atoms with van der Waals surface area (Å²) in [6.07, 6.45) is 0. The minimum atomic E-state index is -1.00. The van der Waals surface area contributed by atoms with Crippen molar-refractivity contribution >= 4 is 5.97 Å². The number of hydrogen-bond donors (Lipinski definition) is 3. The van der Waals surface area contributed by atoms with Gasteiger partial charge >= 0.3 is 5.97 Å². The molecule has 5 heteroatoms. The van der Waals surface area contributed by atoms with Gasteiger partial charge in [-0.15, -0.1) is 0 Å². The zero-order chi connectivity index (χ0) is 11.0. The summed E-state index contributed by atoms with van der Waals surface area (Å²) in [6.45, 7) is 3.90. The second-order valence-corrected chi connectivity index (χ2v) is 3.48. The van der Waals surface area contributed by atoms with Gasteiger partial charge in [-0.2, -0.15) is 5.10 Å². The van der Waals surface area contributed by atoms with Gasteiger partial charge in [-0.05, 0) is 25.5 Å². The van der Waals surface area contributed by atoms with E-state index in [1.807, 2.05) is 19.9 Å². The van der Waals surface area contributed by atoms with Crippen LogP contribution in [0.25, 0.3) is 11.4 Å². The Bertz CT molecular complexity index is 510. The Morgan fingerprint density at radius 1 is 1.40 bits per heavy atom. The molecule has 2 rings (SSSR count). The van der Waals surface area contributed by atoms with Crippen molar-refractivity contribution in [3.63, 3.8) is 0 Å². The van der Waals surface area contributed by atoms with Crippen molar-refractivity contribution in [2.24, 2.45) is 0 Å². The van der Waals surface area contributed by atoms with Gasteiger partial charge in [-0.3, -0.25) is 5.10 Å². The highest BCUT2D eigenvalue weighted by atomic mass is 16.4. The minimum absolute atomic E-state index is 0.0941. The highest BCUT2D eigenvalue weighted by Gasteiger charge is 2.12. The van der Waals surface area contributed by atoms with Gasteiger partial charge in [0.15, 0.2) is 0 Å². The third-order valence-corrected chi connectivity index (χ3v) is 2.21. The normalized spacial score (nSPS) is 10.5. The van der Waals surface area contributed by atoms with Gasteiger partial charge in [-0.1, -0.05) is 0 Å². The number of carboxylic acid groups (broad SMARTS) is 1. The number of aromatic carboxylic acids is 1. The molecule has 3 N–H and O–H groups in total. The van der Waals surface area contributed by atoms with Crippen molar-refractivity contribution in [2.75, 3.05) is 0 Å². The van der Waals surface area contributed by atoms with Crippen molar-refractivity contribution < 1.29 is 9.90 Å². The SMILES string of the molecule is Cc1cc(C)c(-c2cc(C(=O)O)[nH]n2)[nH]1. The van der Waals surface area contributed by atoms with Crippen LogP contribution in [-0.2, 0) is 0 Å². The molecule has 0 radical (unpaired) electrons. The summed E-state index contributed by atoms with van der Waals surface area (Å²) in [5, 5.41) is 15.2. The third-order valence-electron chi connectivity index (χ3n) is 2.21. The van der Waals surface area contributed by atoms with Crippen molar-refractivity contribution in [3.8, 4) is 11.4 Å². The molecule has 5 nitrogen and oxygen atoms in total. The first kappa shape index (κ1) is 9.51. The molecular formula is C10H11N3O2. The van der Waals surface area contributed by atoms with E-state index in [1.54, 1.807) is 0 Å². The van der Waals surface area contributed by atoms with Crippen LogP contribution in [0.4, 0.5) is 0 Å². The van der Waals surface area contributed by atoms with Crippen LogP contribution in [-0.4, -0.2) is 26.3 Å². The van der Waals surface area contributed by atoms with Gasteiger partial charge in [0, 0.05) is 11.8 Å². The highest BCUT2D eigenvalue weighted by Crippen LogP contribution is 2.21. The zero-order valence-electron chi connectivity index (χ0n) is 8.46. The predicted molar refractivity (Wildman–Crippen MR) is 54.8 cm³/mol. The van der Waals surface area contributed by atoms with E-state index < -0.39 is 5.97 Å². The Hall–Kier alpha value is -2.04. The first-order chi connectivity index (χ1) is 7.08. The quantitative estimate of drug-likeness (QED) is 0.698. The van der Waals surface area contributed by atoms with Crippen LogP contribution in [0.3, 0.4) is 0 Å². The summed E-state index contributed by atoms with van der Waals surface area (Å²) in [5.41, 5.74) is 3.66. The first-order valence-corrected chi connectivity index (χ1v) is 4.53. The summed E-state index contributed by atoms with van der Waals surface area (Å²) in [6, 6.07) is 3.51. The Morgan fingerprint density at radius 3 is 2.60 bits per heavy atom. The van der Waals surface area contributed by atoms with E-state index in [4.69, 9.17) is 5.11 Å². The van der Waals surface area contributed by atoms with Gasteiger partial charge in [0.25, 0.3) is 0 Å². The second-order valence-electron chi connectivity index (χ2n) is 3.48. The molecule has 0 saturated carbocycles. The predicted octanol–water partition coefficient (Wildman–Crippen LogP) is 1.72. The maximum atomic E-state index is 10.7. The number of carbonyl (C=O) groups is 1.